The Morgan fingerprint density at radius 1 is 1.36 bits per heavy atom. The summed E-state index contributed by atoms with van der Waals surface area (Å²) in [6.45, 7) is 4.26. The molecule has 2 aromatic rings. The fourth-order valence-corrected chi connectivity index (χ4v) is 2.62. The highest BCUT2D eigenvalue weighted by Crippen LogP contribution is 2.27. The van der Waals surface area contributed by atoms with Gasteiger partial charge in [-0.2, -0.15) is 0 Å². The largest absolute Gasteiger partial charge is 0.356 e. The monoisotopic (exact) mass is 303 g/mol. The van der Waals surface area contributed by atoms with Crippen LogP contribution in [0.25, 0.3) is 11.2 Å². The van der Waals surface area contributed by atoms with E-state index < -0.39 is 0 Å². The first-order chi connectivity index (χ1) is 10.7. The zero-order valence-corrected chi connectivity index (χ0v) is 13.0. The van der Waals surface area contributed by atoms with Crippen LogP contribution < -0.4 is 10.2 Å². The van der Waals surface area contributed by atoms with Crippen LogP contribution in [0.3, 0.4) is 0 Å². The van der Waals surface area contributed by atoms with Crippen molar-refractivity contribution in [1.82, 2.24) is 30.3 Å². The van der Waals surface area contributed by atoms with Crippen LogP contribution in [0.5, 0.6) is 0 Å². The third-order valence-corrected chi connectivity index (χ3v) is 4.00. The van der Waals surface area contributed by atoms with Gasteiger partial charge in [-0.05, 0) is 6.42 Å². The van der Waals surface area contributed by atoms with Crippen molar-refractivity contribution in [3.63, 3.8) is 0 Å². The van der Waals surface area contributed by atoms with Crippen molar-refractivity contribution in [2.75, 3.05) is 24.5 Å². The summed E-state index contributed by atoms with van der Waals surface area (Å²) < 4.78 is 1.62. The molecule has 0 saturated carbocycles. The molecule has 1 aliphatic heterocycles. The van der Waals surface area contributed by atoms with Gasteiger partial charge >= 0.3 is 0 Å². The number of anilines is 1. The number of amides is 1. The number of carbonyl (C=O) groups is 1. The van der Waals surface area contributed by atoms with Gasteiger partial charge in [0.25, 0.3) is 0 Å². The van der Waals surface area contributed by atoms with Crippen molar-refractivity contribution in [3.05, 3.63) is 6.33 Å². The second kappa shape index (κ2) is 6.25. The van der Waals surface area contributed by atoms with Crippen LogP contribution in [0.2, 0.25) is 0 Å². The lowest BCUT2D eigenvalue weighted by atomic mass is 9.99. The normalized spacial score (nSPS) is 15.1. The second-order valence-electron chi connectivity index (χ2n) is 5.68. The summed E-state index contributed by atoms with van der Waals surface area (Å²) in [5.41, 5.74) is 1.39. The number of unbranched alkanes of at least 4 members (excludes halogenated alkanes) is 2. The molecule has 2 aromatic heterocycles. The number of fused-ring (bicyclic) bond motifs is 1. The lowest BCUT2D eigenvalue weighted by Gasteiger charge is -2.38. The number of aromatic nitrogens is 5. The number of nitrogens with one attached hydrogen (secondary N) is 1. The van der Waals surface area contributed by atoms with E-state index in [-0.39, 0.29) is 11.8 Å². The van der Waals surface area contributed by atoms with E-state index in [1.807, 2.05) is 0 Å². The quantitative estimate of drug-likeness (QED) is 0.782. The van der Waals surface area contributed by atoms with Gasteiger partial charge in [-0.25, -0.2) is 14.6 Å². The van der Waals surface area contributed by atoms with Crippen molar-refractivity contribution < 1.29 is 4.79 Å². The molecule has 0 atom stereocenters. The molecule has 8 heteroatoms. The van der Waals surface area contributed by atoms with E-state index in [9.17, 15) is 4.79 Å². The van der Waals surface area contributed by atoms with E-state index >= 15 is 0 Å². The van der Waals surface area contributed by atoms with Crippen LogP contribution in [0, 0.1) is 5.92 Å². The number of rotatable bonds is 6. The zero-order chi connectivity index (χ0) is 15.5. The van der Waals surface area contributed by atoms with Gasteiger partial charge < -0.3 is 10.2 Å². The minimum atomic E-state index is 0.0308. The van der Waals surface area contributed by atoms with Gasteiger partial charge in [0, 0.05) is 26.7 Å². The predicted molar refractivity (Wildman–Crippen MR) is 82.3 cm³/mol. The molecule has 1 fully saturated rings. The van der Waals surface area contributed by atoms with E-state index in [0.717, 1.165) is 31.6 Å². The van der Waals surface area contributed by atoms with E-state index in [0.29, 0.717) is 24.3 Å². The van der Waals surface area contributed by atoms with Gasteiger partial charge in [0.2, 0.25) is 5.91 Å². The molecule has 1 saturated heterocycles. The van der Waals surface area contributed by atoms with E-state index in [4.69, 9.17) is 0 Å². The van der Waals surface area contributed by atoms with Crippen LogP contribution in [-0.4, -0.2) is 50.5 Å². The molecule has 22 heavy (non-hydrogen) atoms. The van der Waals surface area contributed by atoms with Gasteiger partial charge in [-0.1, -0.05) is 25.0 Å². The fourth-order valence-electron chi connectivity index (χ4n) is 2.62. The van der Waals surface area contributed by atoms with Gasteiger partial charge in [0.1, 0.15) is 6.33 Å². The summed E-state index contributed by atoms with van der Waals surface area (Å²) in [6.07, 6.45) is 4.88. The summed E-state index contributed by atoms with van der Waals surface area (Å²) in [7, 11) is 1.80. The molecule has 0 unspecified atom stereocenters. The minimum Gasteiger partial charge on any atom is -0.356 e. The Bertz CT molecular complexity index is 662. The zero-order valence-electron chi connectivity index (χ0n) is 13.0. The Kier molecular flexibility index (Phi) is 4.17. The van der Waals surface area contributed by atoms with Crippen LogP contribution in [0.15, 0.2) is 6.33 Å². The first-order valence-electron chi connectivity index (χ1n) is 7.73. The van der Waals surface area contributed by atoms with Crippen LogP contribution in [0.1, 0.15) is 26.2 Å². The van der Waals surface area contributed by atoms with Crippen molar-refractivity contribution in [3.8, 4) is 0 Å². The second-order valence-corrected chi connectivity index (χ2v) is 5.68. The summed E-state index contributed by atoms with van der Waals surface area (Å²) in [6, 6.07) is 0. The topological polar surface area (TPSA) is 88.8 Å². The first kappa shape index (κ1) is 14.7. The number of nitrogens with zero attached hydrogens (tertiary/aromatic N) is 6. The molecule has 3 rings (SSSR count). The maximum Gasteiger partial charge on any atom is 0.226 e. The summed E-state index contributed by atoms with van der Waals surface area (Å²) >= 11 is 0. The minimum absolute atomic E-state index is 0.0308. The summed E-state index contributed by atoms with van der Waals surface area (Å²) in [5, 5.41) is 11.1. The molecular formula is C14H21N7O. The molecule has 3 heterocycles. The van der Waals surface area contributed by atoms with Crippen molar-refractivity contribution >= 4 is 22.9 Å². The third kappa shape index (κ3) is 2.72. The van der Waals surface area contributed by atoms with Crippen molar-refractivity contribution in [2.45, 2.75) is 26.2 Å². The van der Waals surface area contributed by atoms with Crippen LogP contribution in [0.4, 0.5) is 5.82 Å². The molecular weight excluding hydrogens is 282 g/mol. The van der Waals surface area contributed by atoms with E-state index in [1.165, 1.54) is 6.33 Å². The molecule has 8 nitrogen and oxygen atoms in total. The number of aryl methyl sites for hydroxylation is 1. The van der Waals surface area contributed by atoms with Crippen molar-refractivity contribution in [2.24, 2.45) is 13.0 Å². The standard InChI is InChI=1S/C14H21N7O/c1-3-4-5-6-15-14(22)10-7-21(8-10)13-11-12(16-9-17-13)20(2)19-18-11/h9-10H,3-8H2,1-2H3,(H,15,22). The highest BCUT2D eigenvalue weighted by atomic mass is 16.2. The Morgan fingerprint density at radius 2 is 2.18 bits per heavy atom. The SMILES string of the molecule is CCCCCNC(=O)C1CN(c2ncnc3c2nnn3C)C1. The first-order valence-corrected chi connectivity index (χ1v) is 7.73. The molecule has 0 aromatic carbocycles. The number of hydrogen-bond acceptors (Lipinski definition) is 6. The van der Waals surface area contributed by atoms with Gasteiger partial charge in [0.15, 0.2) is 17.0 Å². The predicted octanol–water partition coefficient (Wildman–Crippen LogP) is 0.501. The lowest BCUT2D eigenvalue weighted by Crippen LogP contribution is -2.54. The molecule has 1 N–H and O–H groups in total. The Balaban J connectivity index is 1.57. The van der Waals surface area contributed by atoms with Gasteiger partial charge in [0.05, 0.1) is 5.92 Å². The molecule has 1 aliphatic rings. The Morgan fingerprint density at radius 3 is 2.95 bits per heavy atom. The van der Waals surface area contributed by atoms with E-state index in [2.05, 4.69) is 37.4 Å². The molecule has 0 radical (unpaired) electrons. The maximum absolute atomic E-state index is 12.0. The highest BCUT2D eigenvalue weighted by molar-refractivity contribution is 5.86. The lowest BCUT2D eigenvalue weighted by molar-refractivity contribution is -0.125. The molecule has 0 aliphatic carbocycles. The average molecular weight is 303 g/mol. The van der Waals surface area contributed by atoms with Crippen LogP contribution in [-0.2, 0) is 11.8 Å². The van der Waals surface area contributed by atoms with Crippen LogP contribution >= 0.6 is 0 Å². The van der Waals surface area contributed by atoms with Gasteiger partial charge in [-0.15, -0.1) is 5.10 Å². The molecule has 118 valence electrons. The van der Waals surface area contributed by atoms with Crippen molar-refractivity contribution in [1.29, 1.82) is 0 Å². The molecule has 0 spiro atoms. The Hall–Kier alpha value is -2.25. The van der Waals surface area contributed by atoms with Gasteiger partial charge in [-0.3, -0.25) is 4.79 Å². The average Bonchev–Trinajstić information content (AvgIpc) is 2.85. The fraction of sp³-hybridized carbons (Fsp3) is 0.643. The Labute approximate surface area is 128 Å². The number of hydrogen-bond donors (Lipinski definition) is 1. The summed E-state index contributed by atoms with van der Waals surface area (Å²) in [4.78, 5) is 22.5. The summed E-state index contributed by atoms with van der Waals surface area (Å²) in [5.74, 6) is 0.924. The highest BCUT2D eigenvalue weighted by Gasteiger charge is 2.34. The smallest absolute Gasteiger partial charge is 0.226 e. The third-order valence-electron chi connectivity index (χ3n) is 4.00. The van der Waals surface area contributed by atoms with E-state index in [1.54, 1.807) is 11.7 Å². The maximum atomic E-state index is 12.0. The molecule has 1 amide bonds. The number of carbonyl (C=O) groups excluding carboxylic acids is 1. The molecule has 0 bridgehead atoms.